The summed E-state index contributed by atoms with van der Waals surface area (Å²) in [7, 11) is 1.91. The Morgan fingerprint density at radius 1 is 1.25 bits per heavy atom. The first kappa shape index (κ1) is 18.4. The van der Waals surface area contributed by atoms with E-state index in [4.69, 9.17) is 0 Å². The number of amides is 1. The van der Waals surface area contributed by atoms with E-state index in [2.05, 4.69) is 15.7 Å². The summed E-state index contributed by atoms with van der Waals surface area (Å²) >= 11 is 1.48. The predicted molar refractivity (Wildman–Crippen MR) is 102 cm³/mol. The van der Waals surface area contributed by atoms with Crippen LogP contribution in [0, 0.1) is 6.92 Å². The van der Waals surface area contributed by atoms with Crippen LogP contribution in [0.5, 0.6) is 0 Å². The first-order valence-corrected chi connectivity index (χ1v) is 8.49. The van der Waals surface area contributed by atoms with Crippen LogP contribution in [0.25, 0.3) is 15.9 Å². The van der Waals surface area contributed by atoms with Gasteiger partial charge in [0.15, 0.2) is 0 Å². The highest BCUT2D eigenvalue weighted by Gasteiger charge is 2.16. The Morgan fingerprint density at radius 2 is 2.00 bits per heavy atom. The Labute approximate surface area is 151 Å². The molecule has 0 atom stereocenters. The highest BCUT2D eigenvalue weighted by atomic mass is 35.5. The second-order valence-corrected chi connectivity index (χ2v) is 6.41. The molecule has 3 rings (SSSR count). The Kier molecular flexibility index (Phi) is 6.36. The summed E-state index contributed by atoms with van der Waals surface area (Å²) < 4.78 is 1.91. The van der Waals surface area contributed by atoms with E-state index in [1.165, 1.54) is 11.3 Å². The van der Waals surface area contributed by atoms with E-state index >= 15 is 0 Å². The molecule has 7 heteroatoms. The minimum atomic E-state index is -0.0127. The molecule has 1 aromatic carbocycles. The molecule has 0 aliphatic rings. The van der Waals surface area contributed by atoms with Crippen molar-refractivity contribution in [1.82, 2.24) is 20.4 Å². The second kappa shape index (κ2) is 8.28. The van der Waals surface area contributed by atoms with Crippen molar-refractivity contribution >= 4 is 39.9 Å². The number of carbonyl (C=O) groups is 1. The zero-order chi connectivity index (χ0) is 16.2. The first-order valence-electron chi connectivity index (χ1n) is 7.68. The minimum absolute atomic E-state index is 0. The lowest BCUT2D eigenvalue weighted by atomic mass is 10.3. The van der Waals surface area contributed by atoms with Gasteiger partial charge in [-0.2, -0.15) is 5.10 Å². The van der Waals surface area contributed by atoms with Gasteiger partial charge < -0.3 is 10.6 Å². The second-order valence-electron chi connectivity index (χ2n) is 5.38. The molecule has 24 heavy (non-hydrogen) atoms. The van der Waals surface area contributed by atoms with Gasteiger partial charge in [-0.3, -0.25) is 4.79 Å². The molecule has 0 spiro atoms. The number of rotatable bonds is 6. The van der Waals surface area contributed by atoms with Crippen LogP contribution in [-0.2, 0) is 0 Å². The Bertz CT molecular complexity index is 813. The smallest absolute Gasteiger partial charge is 0.261 e. The Balaban J connectivity index is 0.00000208. The third-order valence-corrected chi connectivity index (χ3v) is 4.77. The van der Waals surface area contributed by atoms with E-state index in [0.717, 1.165) is 39.4 Å². The summed E-state index contributed by atoms with van der Waals surface area (Å²) in [6.45, 7) is 3.55. The van der Waals surface area contributed by atoms with Crippen molar-refractivity contribution in [1.29, 1.82) is 0 Å². The monoisotopic (exact) mass is 364 g/mol. The zero-order valence-corrected chi connectivity index (χ0v) is 15.3. The molecule has 1 amide bonds. The average Bonchev–Trinajstić information content (AvgIpc) is 3.13. The molecule has 2 N–H and O–H groups in total. The maximum absolute atomic E-state index is 12.3. The van der Waals surface area contributed by atoms with E-state index in [0.29, 0.717) is 6.54 Å². The molecule has 2 aromatic heterocycles. The summed E-state index contributed by atoms with van der Waals surface area (Å²) in [5.41, 5.74) is 1.95. The number of hydrogen-bond acceptors (Lipinski definition) is 4. The van der Waals surface area contributed by atoms with Crippen LogP contribution in [0.1, 0.15) is 21.8 Å². The van der Waals surface area contributed by atoms with E-state index < -0.39 is 0 Å². The number of hydrogen-bond donors (Lipinski definition) is 2. The number of thiophene rings is 1. The van der Waals surface area contributed by atoms with E-state index in [1.807, 2.05) is 55.1 Å². The van der Waals surface area contributed by atoms with Crippen LogP contribution in [0.15, 0.2) is 36.4 Å². The standard InChI is InChI=1S/C17H20N4OS.ClH/c1-12-14-11-15(16(22)19-10-6-9-18-2)23-17(14)21(20-12)13-7-4-3-5-8-13;/h3-5,7-8,11,18H,6,9-10H2,1-2H3,(H,19,22);1H. The van der Waals surface area contributed by atoms with Crippen LogP contribution >= 0.6 is 23.7 Å². The number of nitrogens with zero attached hydrogens (tertiary/aromatic N) is 2. The average molecular weight is 365 g/mol. The van der Waals surface area contributed by atoms with Gasteiger partial charge in [-0.25, -0.2) is 4.68 Å². The molecule has 0 bridgehead atoms. The molecule has 5 nitrogen and oxygen atoms in total. The van der Waals surface area contributed by atoms with Crippen LogP contribution in [-0.4, -0.2) is 35.8 Å². The molecule has 0 saturated carbocycles. The topological polar surface area (TPSA) is 58.9 Å². The van der Waals surface area contributed by atoms with Crippen LogP contribution in [0.4, 0.5) is 0 Å². The molecule has 128 valence electrons. The molecule has 0 aliphatic heterocycles. The van der Waals surface area contributed by atoms with Gasteiger partial charge >= 0.3 is 0 Å². The van der Waals surface area contributed by atoms with Gasteiger partial charge in [0.25, 0.3) is 5.91 Å². The largest absolute Gasteiger partial charge is 0.351 e. The van der Waals surface area contributed by atoms with Gasteiger partial charge in [-0.1, -0.05) is 18.2 Å². The molecule has 2 heterocycles. The molecule has 0 aliphatic carbocycles. The molecule has 0 saturated heterocycles. The van der Waals surface area contributed by atoms with Gasteiger partial charge in [0, 0.05) is 11.9 Å². The number of para-hydroxylation sites is 1. The van der Waals surface area contributed by atoms with Crippen LogP contribution < -0.4 is 10.6 Å². The van der Waals surface area contributed by atoms with Gasteiger partial charge in [0.1, 0.15) is 4.83 Å². The van der Waals surface area contributed by atoms with E-state index in [-0.39, 0.29) is 18.3 Å². The van der Waals surface area contributed by atoms with Crippen molar-refractivity contribution in [3.63, 3.8) is 0 Å². The van der Waals surface area contributed by atoms with Crippen molar-refractivity contribution < 1.29 is 4.79 Å². The third-order valence-electron chi connectivity index (χ3n) is 3.66. The fourth-order valence-corrected chi connectivity index (χ4v) is 3.56. The maximum Gasteiger partial charge on any atom is 0.261 e. The number of carbonyl (C=O) groups excluding carboxylic acids is 1. The van der Waals surface area contributed by atoms with Crippen molar-refractivity contribution in [3.05, 3.63) is 47.0 Å². The van der Waals surface area contributed by atoms with Gasteiger partial charge in [0.2, 0.25) is 0 Å². The highest BCUT2D eigenvalue weighted by molar-refractivity contribution is 7.20. The van der Waals surface area contributed by atoms with Crippen molar-refractivity contribution in [2.75, 3.05) is 20.1 Å². The predicted octanol–water partition coefficient (Wildman–Crippen LogP) is 3.16. The third kappa shape index (κ3) is 3.77. The van der Waals surface area contributed by atoms with Gasteiger partial charge in [-0.05, 0) is 45.1 Å². The normalized spacial score (nSPS) is 10.6. The molecule has 0 fully saturated rings. The fraction of sp³-hybridized carbons (Fsp3) is 0.294. The van der Waals surface area contributed by atoms with E-state index in [1.54, 1.807) is 0 Å². The first-order chi connectivity index (χ1) is 11.2. The van der Waals surface area contributed by atoms with E-state index in [9.17, 15) is 4.79 Å². The molecule has 3 aromatic rings. The molecule has 0 radical (unpaired) electrons. The van der Waals surface area contributed by atoms with Crippen LogP contribution in [0.2, 0.25) is 0 Å². The minimum Gasteiger partial charge on any atom is -0.351 e. The summed E-state index contributed by atoms with van der Waals surface area (Å²) in [6.07, 6.45) is 0.921. The number of halogens is 1. The van der Waals surface area contributed by atoms with Crippen molar-refractivity contribution in [3.8, 4) is 5.69 Å². The van der Waals surface area contributed by atoms with Gasteiger partial charge in [0.05, 0.1) is 16.3 Å². The Morgan fingerprint density at radius 3 is 2.71 bits per heavy atom. The highest BCUT2D eigenvalue weighted by Crippen LogP contribution is 2.30. The molecular formula is C17H21ClN4OS. The summed E-state index contributed by atoms with van der Waals surface area (Å²) in [4.78, 5) is 14.0. The maximum atomic E-state index is 12.3. The van der Waals surface area contributed by atoms with Crippen LogP contribution in [0.3, 0.4) is 0 Å². The SMILES string of the molecule is CNCCCNC(=O)c1cc2c(C)nn(-c3ccccc3)c2s1.Cl. The zero-order valence-electron chi connectivity index (χ0n) is 13.7. The van der Waals surface area contributed by atoms with Gasteiger partial charge in [-0.15, -0.1) is 23.7 Å². The number of benzene rings is 1. The summed E-state index contributed by atoms with van der Waals surface area (Å²) in [6, 6.07) is 11.9. The Hall–Kier alpha value is -1.89. The van der Waals surface area contributed by atoms with Crippen molar-refractivity contribution in [2.24, 2.45) is 0 Å². The lowest BCUT2D eigenvalue weighted by molar-refractivity contribution is 0.0957. The number of aromatic nitrogens is 2. The lowest BCUT2D eigenvalue weighted by Gasteiger charge is -2.03. The quantitative estimate of drug-likeness (QED) is 0.660. The summed E-state index contributed by atoms with van der Waals surface area (Å²) in [5.74, 6) is -0.0127. The lowest BCUT2D eigenvalue weighted by Crippen LogP contribution is -2.25. The number of aryl methyl sites for hydroxylation is 1. The molecular weight excluding hydrogens is 344 g/mol. The fourth-order valence-electron chi connectivity index (χ4n) is 2.46. The summed E-state index contributed by atoms with van der Waals surface area (Å²) in [5, 5.41) is 11.7. The van der Waals surface area contributed by atoms with Crippen molar-refractivity contribution in [2.45, 2.75) is 13.3 Å². The number of fused-ring (bicyclic) bond motifs is 1. The molecule has 0 unspecified atom stereocenters. The number of nitrogens with one attached hydrogen (secondary N) is 2.